The highest BCUT2D eigenvalue weighted by molar-refractivity contribution is 5.89. The van der Waals surface area contributed by atoms with Gasteiger partial charge in [-0.25, -0.2) is 9.78 Å². The van der Waals surface area contributed by atoms with Crippen LogP contribution < -0.4 is 5.56 Å². The predicted molar refractivity (Wildman–Crippen MR) is 102 cm³/mol. The van der Waals surface area contributed by atoms with Crippen molar-refractivity contribution in [2.75, 3.05) is 6.61 Å². The summed E-state index contributed by atoms with van der Waals surface area (Å²) >= 11 is 0. The van der Waals surface area contributed by atoms with Gasteiger partial charge in [-0.3, -0.25) is 9.36 Å². The first-order valence-corrected chi connectivity index (χ1v) is 8.70. The third kappa shape index (κ3) is 3.67. The molecule has 0 saturated carbocycles. The van der Waals surface area contributed by atoms with Crippen LogP contribution in [0.4, 0.5) is 0 Å². The van der Waals surface area contributed by atoms with E-state index in [0.717, 1.165) is 0 Å². The quantitative estimate of drug-likeness (QED) is 0.659. The number of rotatable bonds is 5. The fraction of sp³-hybridized carbons (Fsp3) is 0.286. The molecule has 0 spiro atoms. The number of para-hydroxylation sites is 1. The number of aromatic nitrogens is 2. The maximum Gasteiger partial charge on any atom is 0.338 e. The summed E-state index contributed by atoms with van der Waals surface area (Å²) < 4.78 is 6.87. The summed E-state index contributed by atoms with van der Waals surface area (Å²) in [5.41, 5.74) is 2.24. The van der Waals surface area contributed by atoms with Crippen LogP contribution >= 0.6 is 0 Å². The lowest BCUT2D eigenvalue weighted by Crippen LogP contribution is -2.26. The first-order chi connectivity index (χ1) is 12.5. The first kappa shape index (κ1) is 17.9. The van der Waals surface area contributed by atoms with Crippen LogP contribution in [0.25, 0.3) is 10.9 Å². The van der Waals surface area contributed by atoms with Gasteiger partial charge in [0.2, 0.25) is 0 Å². The number of nitrogens with zero attached hydrogens (tertiary/aromatic N) is 2. The molecule has 0 fully saturated rings. The normalized spacial score (nSPS) is 11.1. The van der Waals surface area contributed by atoms with E-state index in [9.17, 15) is 9.59 Å². The number of carbonyl (C=O) groups is 1. The van der Waals surface area contributed by atoms with Crippen LogP contribution in [0, 0.1) is 6.92 Å². The predicted octanol–water partition coefficient (Wildman–Crippen LogP) is 3.69. The van der Waals surface area contributed by atoms with Crippen molar-refractivity contribution in [3.05, 3.63) is 75.8 Å². The van der Waals surface area contributed by atoms with Crippen molar-refractivity contribution in [3.63, 3.8) is 0 Å². The first-order valence-electron chi connectivity index (χ1n) is 8.70. The van der Waals surface area contributed by atoms with Gasteiger partial charge in [0.05, 0.1) is 23.0 Å². The van der Waals surface area contributed by atoms with Crippen molar-refractivity contribution in [3.8, 4) is 0 Å². The molecule has 1 heterocycles. The Morgan fingerprint density at radius 2 is 1.81 bits per heavy atom. The molecule has 0 unspecified atom stereocenters. The fourth-order valence-corrected chi connectivity index (χ4v) is 2.86. The number of ether oxygens (including phenoxy) is 1. The van der Waals surface area contributed by atoms with Crippen molar-refractivity contribution in [1.82, 2.24) is 9.55 Å². The van der Waals surface area contributed by atoms with E-state index in [1.54, 1.807) is 25.1 Å². The van der Waals surface area contributed by atoms with Gasteiger partial charge in [0.25, 0.3) is 5.56 Å². The molecular formula is C21H22N2O3. The Balaban J connectivity index is 1.69. The Morgan fingerprint density at radius 1 is 1.12 bits per heavy atom. The largest absolute Gasteiger partial charge is 0.460 e. The summed E-state index contributed by atoms with van der Waals surface area (Å²) in [6, 6.07) is 14.6. The van der Waals surface area contributed by atoms with Crippen molar-refractivity contribution in [2.24, 2.45) is 0 Å². The highest BCUT2D eigenvalue weighted by Crippen LogP contribution is 2.15. The van der Waals surface area contributed by atoms with E-state index in [2.05, 4.69) is 18.8 Å². The molecule has 3 rings (SSSR count). The lowest BCUT2D eigenvalue weighted by molar-refractivity contribution is 0.0489. The second-order valence-corrected chi connectivity index (χ2v) is 6.55. The molecule has 0 aliphatic heterocycles. The van der Waals surface area contributed by atoms with Crippen molar-refractivity contribution >= 4 is 16.9 Å². The van der Waals surface area contributed by atoms with Gasteiger partial charge in [-0.05, 0) is 42.7 Å². The lowest BCUT2D eigenvalue weighted by atomic mass is 10.0. The molecule has 134 valence electrons. The fourth-order valence-electron chi connectivity index (χ4n) is 2.86. The molecule has 0 atom stereocenters. The number of aryl methyl sites for hydroxylation is 1. The molecule has 3 aromatic rings. The minimum absolute atomic E-state index is 0.117. The number of esters is 1. The van der Waals surface area contributed by atoms with E-state index in [1.165, 1.54) is 10.1 Å². The van der Waals surface area contributed by atoms with E-state index in [4.69, 9.17) is 4.74 Å². The smallest absolute Gasteiger partial charge is 0.338 e. The Kier molecular flexibility index (Phi) is 5.16. The zero-order valence-corrected chi connectivity index (χ0v) is 15.2. The Hall–Kier alpha value is -2.95. The van der Waals surface area contributed by atoms with Gasteiger partial charge in [0.1, 0.15) is 12.4 Å². The Labute approximate surface area is 152 Å². The molecule has 5 nitrogen and oxygen atoms in total. The maximum atomic E-state index is 12.6. The highest BCUT2D eigenvalue weighted by atomic mass is 16.5. The van der Waals surface area contributed by atoms with Crippen molar-refractivity contribution in [2.45, 2.75) is 33.2 Å². The second kappa shape index (κ2) is 7.52. The summed E-state index contributed by atoms with van der Waals surface area (Å²) in [6.45, 7) is 6.38. The van der Waals surface area contributed by atoms with Gasteiger partial charge in [0, 0.05) is 0 Å². The van der Waals surface area contributed by atoms with Crippen LogP contribution in [0.15, 0.2) is 53.3 Å². The zero-order chi connectivity index (χ0) is 18.7. The van der Waals surface area contributed by atoms with Gasteiger partial charge in [-0.15, -0.1) is 0 Å². The molecule has 5 heteroatoms. The minimum atomic E-state index is -0.389. The van der Waals surface area contributed by atoms with E-state index < -0.39 is 0 Å². The summed E-state index contributed by atoms with van der Waals surface area (Å²) in [5, 5.41) is 0.564. The number of carbonyl (C=O) groups excluding carboxylic acids is 1. The molecule has 0 amide bonds. The van der Waals surface area contributed by atoms with Gasteiger partial charge in [-0.2, -0.15) is 0 Å². The second-order valence-electron chi connectivity index (χ2n) is 6.55. The molecule has 0 aliphatic rings. The topological polar surface area (TPSA) is 61.2 Å². The van der Waals surface area contributed by atoms with Gasteiger partial charge >= 0.3 is 5.97 Å². The van der Waals surface area contributed by atoms with Crippen LogP contribution in [0.1, 0.15) is 41.5 Å². The van der Waals surface area contributed by atoms with E-state index in [1.807, 2.05) is 30.3 Å². The molecule has 1 aromatic heterocycles. The number of benzene rings is 2. The lowest BCUT2D eigenvalue weighted by Gasteiger charge is -2.11. The number of hydrogen-bond donors (Lipinski definition) is 0. The van der Waals surface area contributed by atoms with Gasteiger partial charge in [-0.1, -0.05) is 38.1 Å². The van der Waals surface area contributed by atoms with Crippen molar-refractivity contribution in [1.29, 1.82) is 0 Å². The number of hydrogen-bond acceptors (Lipinski definition) is 4. The summed E-state index contributed by atoms with van der Waals surface area (Å²) in [4.78, 5) is 29.2. The maximum absolute atomic E-state index is 12.6. The summed E-state index contributed by atoms with van der Waals surface area (Å²) in [7, 11) is 0. The summed E-state index contributed by atoms with van der Waals surface area (Å²) in [6.07, 6.45) is 0. The SMILES string of the molecule is Cc1nc2ccccc2c(=O)n1CCOC(=O)c1ccc(C(C)C)cc1. The molecule has 26 heavy (non-hydrogen) atoms. The van der Waals surface area contributed by atoms with Crippen LogP contribution in [0.5, 0.6) is 0 Å². The average molecular weight is 350 g/mol. The average Bonchev–Trinajstić information content (AvgIpc) is 2.64. The van der Waals surface area contributed by atoms with Crippen LogP contribution in [0.2, 0.25) is 0 Å². The highest BCUT2D eigenvalue weighted by Gasteiger charge is 2.10. The van der Waals surface area contributed by atoms with E-state index >= 15 is 0 Å². The standard InChI is InChI=1S/C21H22N2O3/c1-14(2)16-8-10-17(11-9-16)21(25)26-13-12-23-15(3)22-19-7-5-4-6-18(19)20(23)24/h4-11,14H,12-13H2,1-3H3. The zero-order valence-electron chi connectivity index (χ0n) is 15.2. The van der Waals surface area contributed by atoms with E-state index in [-0.39, 0.29) is 24.7 Å². The summed E-state index contributed by atoms with van der Waals surface area (Å²) in [5.74, 6) is 0.626. The third-order valence-electron chi connectivity index (χ3n) is 4.41. The van der Waals surface area contributed by atoms with Crippen LogP contribution in [-0.4, -0.2) is 22.1 Å². The molecule has 0 radical (unpaired) electrons. The van der Waals surface area contributed by atoms with E-state index in [0.29, 0.717) is 28.2 Å². The van der Waals surface area contributed by atoms with Crippen LogP contribution in [-0.2, 0) is 11.3 Å². The Bertz CT molecular complexity index is 988. The van der Waals surface area contributed by atoms with Crippen molar-refractivity contribution < 1.29 is 9.53 Å². The monoisotopic (exact) mass is 350 g/mol. The minimum Gasteiger partial charge on any atom is -0.460 e. The number of fused-ring (bicyclic) bond motifs is 1. The molecule has 2 aromatic carbocycles. The molecular weight excluding hydrogens is 328 g/mol. The molecule has 0 aliphatic carbocycles. The van der Waals surface area contributed by atoms with Gasteiger partial charge < -0.3 is 4.74 Å². The Morgan fingerprint density at radius 3 is 2.50 bits per heavy atom. The molecule has 0 N–H and O–H groups in total. The van der Waals surface area contributed by atoms with Gasteiger partial charge in [0.15, 0.2) is 0 Å². The molecule has 0 bridgehead atoms. The van der Waals surface area contributed by atoms with Crippen LogP contribution in [0.3, 0.4) is 0 Å². The molecule has 0 saturated heterocycles. The third-order valence-corrected chi connectivity index (χ3v) is 4.41.